The molecule has 3 aromatic rings. The third kappa shape index (κ3) is 3.63. The number of ether oxygens (including phenoxy) is 1. The summed E-state index contributed by atoms with van der Waals surface area (Å²) in [6, 6.07) is 12.8. The van der Waals surface area contributed by atoms with Crippen LogP contribution in [0.3, 0.4) is 0 Å². The second kappa shape index (κ2) is 7.50. The minimum absolute atomic E-state index is 0.317. The molecule has 6 nitrogen and oxygen atoms in total. The van der Waals surface area contributed by atoms with Gasteiger partial charge in [0.15, 0.2) is 6.10 Å². The Morgan fingerprint density at radius 2 is 1.97 bits per heavy atom. The van der Waals surface area contributed by atoms with Crippen LogP contribution in [0, 0.1) is 12.7 Å². The van der Waals surface area contributed by atoms with Crippen LogP contribution in [-0.2, 0) is 16.0 Å². The Hall–Kier alpha value is -3.48. The van der Waals surface area contributed by atoms with Crippen LogP contribution in [0.5, 0.6) is 0 Å². The van der Waals surface area contributed by atoms with Gasteiger partial charge in [-0.15, -0.1) is 0 Å². The molecule has 0 fully saturated rings. The fraction of sp³-hybridized carbons (Fsp3) is 0.227. The second-order valence-electron chi connectivity index (χ2n) is 7.06. The van der Waals surface area contributed by atoms with Crippen molar-refractivity contribution in [2.75, 3.05) is 0 Å². The molecule has 4 rings (SSSR count). The highest BCUT2D eigenvalue weighted by Crippen LogP contribution is 2.23. The zero-order chi connectivity index (χ0) is 20.5. The summed E-state index contributed by atoms with van der Waals surface area (Å²) in [4.78, 5) is 24.9. The standard InChI is InChI=1S/C22H20FN3O3/c1-13(19-12-24-26(14(19)2)17-9-7-16(23)8-10-17)25-21(27)20-11-15-5-3-4-6-18(15)22(28)29-20/h3-10,12-13,20H,11H2,1-2H3,(H,25,27). The number of halogens is 1. The van der Waals surface area contributed by atoms with E-state index in [-0.39, 0.29) is 17.8 Å². The molecule has 1 aliphatic rings. The molecular formula is C22H20FN3O3. The van der Waals surface area contributed by atoms with Crippen molar-refractivity contribution in [3.05, 3.63) is 82.9 Å². The van der Waals surface area contributed by atoms with Crippen LogP contribution in [0.4, 0.5) is 4.39 Å². The Morgan fingerprint density at radius 1 is 1.24 bits per heavy atom. The van der Waals surface area contributed by atoms with Gasteiger partial charge in [0.25, 0.3) is 5.91 Å². The van der Waals surface area contributed by atoms with Gasteiger partial charge in [-0.3, -0.25) is 4.79 Å². The molecule has 0 saturated carbocycles. The molecule has 0 radical (unpaired) electrons. The Balaban J connectivity index is 1.49. The number of hydrogen-bond acceptors (Lipinski definition) is 4. The van der Waals surface area contributed by atoms with Gasteiger partial charge in [0.2, 0.25) is 0 Å². The van der Waals surface area contributed by atoms with E-state index in [1.54, 1.807) is 35.1 Å². The number of esters is 1. The van der Waals surface area contributed by atoms with Gasteiger partial charge in [-0.25, -0.2) is 13.9 Å². The maximum atomic E-state index is 13.2. The van der Waals surface area contributed by atoms with E-state index in [2.05, 4.69) is 10.4 Å². The fourth-order valence-corrected chi connectivity index (χ4v) is 3.55. The third-order valence-corrected chi connectivity index (χ3v) is 5.13. The van der Waals surface area contributed by atoms with E-state index in [9.17, 15) is 14.0 Å². The Morgan fingerprint density at radius 3 is 2.72 bits per heavy atom. The summed E-state index contributed by atoms with van der Waals surface area (Å²) in [6.45, 7) is 3.72. The number of aromatic nitrogens is 2. The van der Waals surface area contributed by atoms with Crippen LogP contribution in [0.2, 0.25) is 0 Å². The second-order valence-corrected chi connectivity index (χ2v) is 7.06. The van der Waals surface area contributed by atoms with Gasteiger partial charge in [-0.2, -0.15) is 5.10 Å². The largest absolute Gasteiger partial charge is 0.448 e. The number of nitrogens with one attached hydrogen (secondary N) is 1. The molecule has 2 heterocycles. The Labute approximate surface area is 167 Å². The van der Waals surface area contributed by atoms with Gasteiger partial charge >= 0.3 is 5.97 Å². The molecular weight excluding hydrogens is 373 g/mol. The zero-order valence-corrected chi connectivity index (χ0v) is 16.1. The number of nitrogens with zero attached hydrogens (tertiary/aromatic N) is 2. The highest BCUT2D eigenvalue weighted by Gasteiger charge is 2.32. The number of rotatable bonds is 4. The summed E-state index contributed by atoms with van der Waals surface area (Å²) in [5, 5.41) is 7.26. The fourth-order valence-electron chi connectivity index (χ4n) is 3.55. The molecule has 1 N–H and O–H groups in total. The van der Waals surface area contributed by atoms with Crippen molar-refractivity contribution in [2.45, 2.75) is 32.4 Å². The van der Waals surface area contributed by atoms with Crippen molar-refractivity contribution < 1.29 is 18.7 Å². The lowest BCUT2D eigenvalue weighted by Crippen LogP contribution is -2.42. The summed E-state index contributed by atoms with van der Waals surface area (Å²) >= 11 is 0. The number of cyclic esters (lactones) is 1. The van der Waals surface area contributed by atoms with Crippen molar-refractivity contribution in [1.29, 1.82) is 0 Å². The number of fused-ring (bicyclic) bond motifs is 1. The summed E-state index contributed by atoms with van der Waals surface area (Å²) in [5.74, 6) is -1.16. The highest BCUT2D eigenvalue weighted by molar-refractivity contribution is 5.95. The van der Waals surface area contributed by atoms with E-state index in [0.717, 1.165) is 22.5 Å². The number of benzene rings is 2. The maximum absolute atomic E-state index is 13.2. The van der Waals surface area contributed by atoms with Crippen molar-refractivity contribution in [2.24, 2.45) is 0 Å². The quantitative estimate of drug-likeness (QED) is 0.691. The predicted molar refractivity (Wildman–Crippen MR) is 104 cm³/mol. The molecule has 1 aliphatic heterocycles. The maximum Gasteiger partial charge on any atom is 0.339 e. The SMILES string of the molecule is Cc1c(C(C)NC(=O)C2Cc3ccccc3C(=O)O2)cnn1-c1ccc(F)cc1. The van der Waals surface area contributed by atoms with Crippen LogP contribution in [0.1, 0.15) is 40.1 Å². The van der Waals surface area contributed by atoms with Gasteiger partial charge in [0.05, 0.1) is 23.5 Å². The topological polar surface area (TPSA) is 73.2 Å². The molecule has 148 valence electrons. The molecule has 1 amide bonds. The van der Waals surface area contributed by atoms with Crippen LogP contribution in [0.15, 0.2) is 54.7 Å². The van der Waals surface area contributed by atoms with Crippen molar-refractivity contribution in [3.63, 3.8) is 0 Å². The Bertz CT molecular complexity index is 1080. The first-order valence-corrected chi connectivity index (χ1v) is 9.34. The minimum atomic E-state index is -0.868. The van der Waals surface area contributed by atoms with Crippen molar-refractivity contribution in [1.82, 2.24) is 15.1 Å². The van der Waals surface area contributed by atoms with Crippen LogP contribution >= 0.6 is 0 Å². The van der Waals surface area contributed by atoms with E-state index in [1.807, 2.05) is 26.0 Å². The average molecular weight is 393 g/mol. The Kier molecular flexibility index (Phi) is 4.88. The summed E-state index contributed by atoms with van der Waals surface area (Å²) in [6.07, 6.45) is 1.15. The van der Waals surface area contributed by atoms with Gasteiger partial charge in [0, 0.05) is 17.7 Å². The van der Waals surface area contributed by atoms with Gasteiger partial charge in [0.1, 0.15) is 5.82 Å². The molecule has 0 spiro atoms. The third-order valence-electron chi connectivity index (χ3n) is 5.13. The number of amides is 1. The monoisotopic (exact) mass is 393 g/mol. The summed E-state index contributed by atoms with van der Waals surface area (Å²) < 4.78 is 20.2. The molecule has 29 heavy (non-hydrogen) atoms. The molecule has 0 aliphatic carbocycles. The van der Waals surface area contributed by atoms with Gasteiger partial charge < -0.3 is 10.1 Å². The number of hydrogen-bond donors (Lipinski definition) is 1. The van der Waals surface area contributed by atoms with E-state index in [0.29, 0.717) is 12.0 Å². The van der Waals surface area contributed by atoms with E-state index < -0.39 is 12.1 Å². The van der Waals surface area contributed by atoms with Gasteiger partial charge in [-0.05, 0) is 49.7 Å². The molecule has 2 unspecified atom stereocenters. The average Bonchev–Trinajstić information content (AvgIpc) is 3.10. The van der Waals surface area contributed by atoms with Crippen molar-refractivity contribution >= 4 is 11.9 Å². The van der Waals surface area contributed by atoms with Crippen LogP contribution < -0.4 is 5.32 Å². The minimum Gasteiger partial charge on any atom is -0.448 e. The molecule has 7 heteroatoms. The van der Waals surface area contributed by atoms with Crippen molar-refractivity contribution in [3.8, 4) is 5.69 Å². The lowest BCUT2D eigenvalue weighted by atomic mass is 9.98. The lowest BCUT2D eigenvalue weighted by molar-refractivity contribution is -0.131. The van der Waals surface area contributed by atoms with Crippen LogP contribution in [0.25, 0.3) is 5.69 Å². The van der Waals surface area contributed by atoms with Gasteiger partial charge in [-0.1, -0.05) is 18.2 Å². The smallest absolute Gasteiger partial charge is 0.339 e. The molecule has 0 bridgehead atoms. The molecule has 1 aromatic heterocycles. The summed E-state index contributed by atoms with van der Waals surface area (Å²) in [7, 11) is 0. The van der Waals surface area contributed by atoms with E-state index in [4.69, 9.17) is 4.74 Å². The molecule has 2 atom stereocenters. The lowest BCUT2D eigenvalue weighted by Gasteiger charge is -2.25. The first-order valence-electron chi connectivity index (χ1n) is 9.34. The number of carbonyl (C=O) groups excluding carboxylic acids is 2. The summed E-state index contributed by atoms with van der Waals surface area (Å²) in [5.41, 5.74) is 3.69. The first kappa shape index (κ1) is 18.9. The predicted octanol–water partition coefficient (Wildman–Crippen LogP) is 3.28. The normalized spacial score (nSPS) is 16.7. The molecule has 0 saturated heterocycles. The highest BCUT2D eigenvalue weighted by atomic mass is 19.1. The van der Waals surface area contributed by atoms with E-state index >= 15 is 0 Å². The molecule has 2 aromatic carbocycles. The zero-order valence-electron chi connectivity index (χ0n) is 16.1. The van der Waals surface area contributed by atoms with Crippen LogP contribution in [-0.4, -0.2) is 27.8 Å². The number of carbonyl (C=O) groups is 2. The first-order chi connectivity index (χ1) is 13.9. The van der Waals surface area contributed by atoms with E-state index in [1.165, 1.54) is 12.1 Å².